The van der Waals surface area contributed by atoms with Gasteiger partial charge < -0.3 is 10.6 Å². The van der Waals surface area contributed by atoms with Crippen LogP contribution in [-0.2, 0) is 6.42 Å². The van der Waals surface area contributed by atoms with E-state index >= 15 is 0 Å². The molecule has 0 saturated carbocycles. The van der Waals surface area contributed by atoms with E-state index in [4.69, 9.17) is 5.73 Å². The second kappa shape index (κ2) is 4.04. The summed E-state index contributed by atoms with van der Waals surface area (Å²) in [5, 5.41) is 0. The number of anilines is 1. The molecule has 2 heterocycles. The molecule has 3 heteroatoms. The first-order valence-electron chi connectivity index (χ1n) is 6.05. The lowest BCUT2D eigenvalue weighted by atomic mass is 9.88. The zero-order valence-electron chi connectivity index (χ0n) is 9.32. The molecule has 2 atom stereocenters. The zero-order valence-corrected chi connectivity index (χ0v) is 10.9. The number of piperidine rings is 1. The normalized spacial score (nSPS) is 28.5. The van der Waals surface area contributed by atoms with Gasteiger partial charge in [-0.1, -0.05) is 22.0 Å². The predicted octanol–water partition coefficient (Wildman–Crippen LogP) is 2.69. The van der Waals surface area contributed by atoms with Crippen molar-refractivity contribution in [1.82, 2.24) is 0 Å². The Morgan fingerprint density at radius 1 is 1.25 bits per heavy atom. The van der Waals surface area contributed by atoms with Crippen molar-refractivity contribution in [3.63, 3.8) is 0 Å². The van der Waals surface area contributed by atoms with Crippen molar-refractivity contribution in [2.75, 3.05) is 11.4 Å². The van der Waals surface area contributed by atoms with E-state index in [1.165, 1.54) is 41.4 Å². The van der Waals surface area contributed by atoms with E-state index in [0.29, 0.717) is 6.04 Å². The van der Waals surface area contributed by atoms with Crippen molar-refractivity contribution >= 4 is 21.6 Å². The van der Waals surface area contributed by atoms with Crippen LogP contribution in [0.3, 0.4) is 0 Å². The van der Waals surface area contributed by atoms with Crippen LogP contribution in [0, 0.1) is 0 Å². The molecular weight excluding hydrogens is 264 g/mol. The van der Waals surface area contributed by atoms with Gasteiger partial charge in [0, 0.05) is 28.8 Å². The van der Waals surface area contributed by atoms with E-state index in [1.807, 2.05) is 0 Å². The minimum Gasteiger partial charge on any atom is -0.367 e. The van der Waals surface area contributed by atoms with Crippen LogP contribution in [0.2, 0.25) is 0 Å². The van der Waals surface area contributed by atoms with Crippen LogP contribution in [0.5, 0.6) is 0 Å². The first-order valence-corrected chi connectivity index (χ1v) is 6.84. The summed E-state index contributed by atoms with van der Waals surface area (Å²) in [6.07, 6.45) is 4.92. The fourth-order valence-corrected chi connectivity index (χ4v) is 3.58. The van der Waals surface area contributed by atoms with Gasteiger partial charge in [-0.3, -0.25) is 0 Å². The highest BCUT2D eigenvalue weighted by Gasteiger charge is 2.31. The molecule has 1 saturated heterocycles. The molecule has 0 aromatic heterocycles. The highest BCUT2D eigenvalue weighted by molar-refractivity contribution is 9.10. The molecule has 0 amide bonds. The standard InChI is InChI=1S/C13H17BrN2/c14-12-2-1-3-13-11(12)7-6-10-5-4-9(15)8-16(10)13/h1-3,9-10H,4-8,15H2. The minimum atomic E-state index is 0.348. The summed E-state index contributed by atoms with van der Waals surface area (Å²) in [6.45, 7) is 1.02. The molecule has 86 valence electrons. The van der Waals surface area contributed by atoms with Crippen LogP contribution in [0.25, 0.3) is 0 Å². The van der Waals surface area contributed by atoms with Crippen molar-refractivity contribution in [2.24, 2.45) is 5.73 Å². The maximum Gasteiger partial charge on any atom is 0.0413 e. The van der Waals surface area contributed by atoms with Gasteiger partial charge in [0.2, 0.25) is 0 Å². The highest BCUT2D eigenvalue weighted by atomic mass is 79.9. The lowest BCUT2D eigenvalue weighted by Crippen LogP contribution is -2.50. The summed E-state index contributed by atoms with van der Waals surface area (Å²) in [6, 6.07) is 7.58. The summed E-state index contributed by atoms with van der Waals surface area (Å²) in [7, 11) is 0. The van der Waals surface area contributed by atoms with Gasteiger partial charge in [0.1, 0.15) is 0 Å². The van der Waals surface area contributed by atoms with E-state index in [1.54, 1.807) is 0 Å². The minimum absolute atomic E-state index is 0.348. The number of hydrogen-bond acceptors (Lipinski definition) is 2. The Morgan fingerprint density at radius 2 is 2.12 bits per heavy atom. The molecule has 0 radical (unpaired) electrons. The van der Waals surface area contributed by atoms with Gasteiger partial charge in [-0.2, -0.15) is 0 Å². The Hall–Kier alpha value is -0.540. The highest BCUT2D eigenvalue weighted by Crippen LogP contribution is 2.38. The number of hydrogen-bond donors (Lipinski definition) is 1. The molecule has 16 heavy (non-hydrogen) atoms. The third-order valence-corrected chi connectivity index (χ3v) is 4.62. The third-order valence-electron chi connectivity index (χ3n) is 3.87. The summed E-state index contributed by atoms with van der Waals surface area (Å²) in [5.41, 5.74) is 8.95. The molecule has 3 rings (SSSR count). The maximum atomic E-state index is 6.08. The Balaban J connectivity index is 2.00. The monoisotopic (exact) mass is 280 g/mol. The molecule has 1 aromatic rings. The predicted molar refractivity (Wildman–Crippen MR) is 70.8 cm³/mol. The molecule has 2 aliphatic rings. The number of benzene rings is 1. The fraction of sp³-hybridized carbons (Fsp3) is 0.538. The second-order valence-corrected chi connectivity index (χ2v) is 5.77. The van der Waals surface area contributed by atoms with E-state index in [-0.39, 0.29) is 0 Å². The third kappa shape index (κ3) is 1.66. The molecule has 0 bridgehead atoms. The molecule has 0 aliphatic carbocycles. The van der Waals surface area contributed by atoms with E-state index in [0.717, 1.165) is 12.6 Å². The quantitative estimate of drug-likeness (QED) is 0.792. The number of fused-ring (bicyclic) bond motifs is 3. The number of halogens is 1. The first kappa shape index (κ1) is 10.6. The summed E-state index contributed by atoms with van der Waals surface area (Å²) >= 11 is 3.66. The molecular formula is C13H17BrN2. The van der Waals surface area contributed by atoms with Crippen molar-refractivity contribution < 1.29 is 0 Å². The summed E-state index contributed by atoms with van der Waals surface area (Å²) in [4.78, 5) is 2.53. The van der Waals surface area contributed by atoms with E-state index < -0.39 is 0 Å². The summed E-state index contributed by atoms with van der Waals surface area (Å²) in [5.74, 6) is 0. The fourth-order valence-electron chi connectivity index (χ4n) is 3.03. The van der Waals surface area contributed by atoms with Gasteiger partial charge in [0.15, 0.2) is 0 Å². The van der Waals surface area contributed by atoms with Crippen molar-refractivity contribution in [1.29, 1.82) is 0 Å². The van der Waals surface area contributed by atoms with Crippen LogP contribution < -0.4 is 10.6 Å². The van der Waals surface area contributed by atoms with Gasteiger partial charge in [-0.25, -0.2) is 0 Å². The smallest absolute Gasteiger partial charge is 0.0413 e. The topological polar surface area (TPSA) is 29.3 Å². The molecule has 2 unspecified atom stereocenters. The first-order chi connectivity index (χ1) is 7.75. The average Bonchev–Trinajstić information content (AvgIpc) is 2.29. The van der Waals surface area contributed by atoms with Gasteiger partial charge in [-0.15, -0.1) is 0 Å². The molecule has 1 aromatic carbocycles. The van der Waals surface area contributed by atoms with E-state index in [9.17, 15) is 0 Å². The van der Waals surface area contributed by atoms with Crippen molar-refractivity contribution in [3.8, 4) is 0 Å². The molecule has 2 N–H and O–H groups in total. The van der Waals surface area contributed by atoms with Gasteiger partial charge in [0.05, 0.1) is 0 Å². The second-order valence-electron chi connectivity index (χ2n) is 4.92. The largest absolute Gasteiger partial charge is 0.367 e. The average molecular weight is 281 g/mol. The van der Waals surface area contributed by atoms with Crippen LogP contribution in [0.15, 0.2) is 22.7 Å². The summed E-state index contributed by atoms with van der Waals surface area (Å²) < 4.78 is 1.25. The molecule has 2 nitrogen and oxygen atoms in total. The lowest BCUT2D eigenvalue weighted by Gasteiger charge is -2.44. The zero-order chi connectivity index (χ0) is 11.1. The number of nitrogens with two attached hydrogens (primary N) is 1. The van der Waals surface area contributed by atoms with Crippen LogP contribution in [0.4, 0.5) is 5.69 Å². The molecule has 0 spiro atoms. The van der Waals surface area contributed by atoms with Gasteiger partial charge >= 0.3 is 0 Å². The van der Waals surface area contributed by atoms with Crippen LogP contribution >= 0.6 is 15.9 Å². The SMILES string of the molecule is NC1CCC2CCc3c(Br)cccc3N2C1. The van der Waals surface area contributed by atoms with Gasteiger partial charge in [-0.05, 0) is 43.4 Å². The Morgan fingerprint density at radius 3 is 3.00 bits per heavy atom. The van der Waals surface area contributed by atoms with Gasteiger partial charge in [0.25, 0.3) is 0 Å². The van der Waals surface area contributed by atoms with E-state index in [2.05, 4.69) is 39.0 Å². The lowest BCUT2D eigenvalue weighted by molar-refractivity contribution is 0.390. The Bertz CT molecular complexity index is 405. The maximum absolute atomic E-state index is 6.08. The van der Waals surface area contributed by atoms with Crippen LogP contribution in [-0.4, -0.2) is 18.6 Å². The van der Waals surface area contributed by atoms with Crippen LogP contribution in [0.1, 0.15) is 24.8 Å². The molecule has 2 aliphatic heterocycles. The number of rotatable bonds is 0. The Labute approximate surface area is 105 Å². The molecule has 1 fully saturated rings. The Kier molecular flexibility index (Phi) is 2.68. The van der Waals surface area contributed by atoms with Crippen molar-refractivity contribution in [3.05, 3.63) is 28.2 Å². The van der Waals surface area contributed by atoms with Crippen molar-refractivity contribution in [2.45, 2.75) is 37.8 Å². The number of nitrogens with zero attached hydrogens (tertiary/aromatic N) is 1.